The number of aryl methyl sites for hydroxylation is 2. The van der Waals surface area contributed by atoms with Crippen molar-refractivity contribution >= 4 is 40.6 Å². The van der Waals surface area contributed by atoms with E-state index in [0.29, 0.717) is 11.3 Å². The maximum atomic E-state index is 12.8. The largest absolute Gasteiger partial charge is 0.322 e. The minimum atomic E-state index is -0.246. The van der Waals surface area contributed by atoms with Crippen LogP contribution in [0.2, 0.25) is 0 Å². The Bertz CT molecular complexity index is 1050. The highest BCUT2D eigenvalue weighted by Gasteiger charge is 2.15. The molecule has 6 nitrogen and oxygen atoms in total. The van der Waals surface area contributed by atoms with Gasteiger partial charge >= 0.3 is 0 Å². The molecule has 2 aromatic heterocycles. The molecule has 0 aliphatic heterocycles. The van der Waals surface area contributed by atoms with Gasteiger partial charge in [-0.2, -0.15) is 5.10 Å². The molecule has 0 aliphatic rings. The molecule has 0 atom stereocenters. The molecule has 0 fully saturated rings. The van der Waals surface area contributed by atoms with E-state index in [1.807, 2.05) is 36.0 Å². The van der Waals surface area contributed by atoms with Crippen LogP contribution in [0.15, 0.2) is 47.9 Å². The summed E-state index contributed by atoms with van der Waals surface area (Å²) in [5, 5.41) is 12.3. The van der Waals surface area contributed by atoms with Crippen molar-refractivity contribution < 1.29 is 9.59 Å². The predicted octanol–water partition coefficient (Wildman–Crippen LogP) is 5.27. The zero-order chi connectivity index (χ0) is 21.5. The fourth-order valence-electron chi connectivity index (χ4n) is 3.06. The quantitative estimate of drug-likeness (QED) is 0.486. The second-order valence-corrected chi connectivity index (χ2v) is 7.97. The first-order valence-corrected chi connectivity index (χ1v) is 10.8. The molecule has 0 saturated carbocycles. The van der Waals surface area contributed by atoms with Gasteiger partial charge in [0.15, 0.2) is 0 Å². The Labute approximate surface area is 180 Å². The number of carbonyl (C=O) groups is 2. The Hall–Kier alpha value is -3.19. The number of thiophene rings is 1. The molecule has 2 N–H and O–H groups in total. The Morgan fingerprint density at radius 2 is 2.00 bits per heavy atom. The zero-order valence-corrected chi connectivity index (χ0v) is 18.3. The van der Waals surface area contributed by atoms with Crippen LogP contribution >= 0.6 is 11.3 Å². The van der Waals surface area contributed by atoms with Crippen molar-refractivity contribution in [2.45, 2.75) is 40.2 Å². The van der Waals surface area contributed by atoms with Crippen LogP contribution in [0.5, 0.6) is 0 Å². The molecule has 2 heterocycles. The number of carbonyl (C=O) groups excluding carboxylic acids is 2. The van der Waals surface area contributed by atoms with Crippen molar-refractivity contribution in [2.75, 3.05) is 10.6 Å². The van der Waals surface area contributed by atoms with Crippen molar-refractivity contribution in [3.05, 3.63) is 69.7 Å². The lowest BCUT2D eigenvalue weighted by Crippen LogP contribution is -2.14. The molecule has 3 rings (SSSR count). The summed E-state index contributed by atoms with van der Waals surface area (Å²) in [6.45, 7) is 6.82. The van der Waals surface area contributed by atoms with Crippen LogP contribution < -0.4 is 10.6 Å². The molecule has 1 aromatic carbocycles. The summed E-state index contributed by atoms with van der Waals surface area (Å²) < 4.78 is 1.94. The standard InChI is InChI=1S/C23H26N4O2S/c1-4-5-13-27-17(3)22(16(2)26-27)25-23(29)18-8-6-9-19(15-18)24-21(28)12-11-20-10-7-14-30-20/h6-12,14-15H,4-5,13H2,1-3H3,(H,24,28)(H,25,29)/b12-11+. The number of amides is 2. The van der Waals surface area contributed by atoms with Crippen LogP contribution in [-0.2, 0) is 11.3 Å². The second-order valence-electron chi connectivity index (χ2n) is 7.00. The molecule has 0 aliphatic carbocycles. The molecule has 0 saturated heterocycles. The lowest BCUT2D eigenvalue weighted by molar-refractivity contribution is -0.111. The fourth-order valence-corrected chi connectivity index (χ4v) is 3.67. The summed E-state index contributed by atoms with van der Waals surface area (Å²) in [5.74, 6) is -0.480. The Morgan fingerprint density at radius 1 is 1.17 bits per heavy atom. The third-order valence-corrected chi connectivity index (χ3v) is 5.52. The van der Waals surface area contributed by atoms with E-state index in [-0.39, 0.29) is 11.8 Å². The van der Waals surface area contributed by atoms with Gasteiger partial charge in [-0.05, 0) is 56.0 Å². The van der Waals surface area contributed by atoms with Crippen LogP contribution in [0, 0.1) is 13.8 Å². The number of benzene rings is 1. The van der Waals surface area contributed by atoms with Gasteiger partial charge in [0.25, 0.3) is 5.91 Å². The van der Waals surface area contributed by atoms with E-state index in [0.717, 1.165) is 41.3 Å². The molecular formula is C23H26N4O2S. The number of hydrogen-bond acceptors (Lipinski definition) is 4. The van der Waals surface area contributed by atoms with Crippen molar-refractivity contribution in [3.63, 3.8) is 0 Å². The molecule has 30 heavy (non-hydrogen) atoms. The molecule has 0 radical (unpaired) electrons. The van der Waals surface area contributed by atoms with Crippen LogP contribution in [0.4, 0.5) is 11.4 Å². The topological polar surface area (TPSA) is 76.0 Å². The fraction of sp³-hybridized carbons (Fsp3) is 0.261. The summed E-state index contributed by atoms with van der Waals surface area (Å²) >= 11 is 1.56. The van der Waals surface area contributed by atoms with E-state index in [1.54, 1.807) is 41.7 Å². The summed E-state index contributed by atoms with van der Waals surface area (Å²) in [6.07, 6.45) is 5.37. The molecule has 156 valence electrons. The summed E-state index contributed by atoms with van der Waals surface area (Å²) in [6, 6.07) is 10.8. The second kappa shape index (κ2) is 10.0. The van der Waals surface area contributed by atoms with E-state index >= 15 is 0 Å². The highest BCUT2D eigenvalue weighted by Crippen LogP contribution is 2.21. The first-order valence-electron chi connectivity index (χ1n) is 9.96. The van der Waals surface area contributed by atoms with Gasteiger partial charge < -0.3 is 10.6 Å². The monoisotopic (exact) mass is 422 g/mol. The lowest BCUT2D eigenvalue weighted by atomic mass is 10.1. The lowest BCUT2D eigenvalue weighted by Gasteiger charge is -2.08. The zero-order valence-electron chi connectivity index (χ0n) is 17.4. The summed E-state index contributed by atoms with van der Waals surface area (Å²) in [7, 11) is 0. The van der Waals surface area contributed by atoms with Gasteiger partial charge in [-0.25, -0.2) is 0 Å². The smallest absolute Gasteiger partial charge is 0.255 e. The van der Waals surface area contributed by atoms with Gasteiger partial charge in [0.1, 0.15) is 0 Å². The Morgan fingerprint density at radius 3 is 2.73 bits per heavy atom. The first kappa shape index (κ1) is 21.5. The molecular weight excluding hydrogens is 396 g/mol. The van der Waals surface area contributed by atoms with Crippen LogP contribution in [0.25, 0.3) is 6.08 Å². The molecule has 2 amide bonds. The van der Waals surface area contributed by atoms with E-state index in [9.17, 15) is 9.59 Å². The van der Waals surface area contributed by atoms with E-state index in [4.69, 9.17) is 0 Å². The summed E-state index contributed by atoms with van der Waals surface area (Å²) in [5.41, 5.74) is 3.51. The predicted molar refractivity (Wildman–Crippen MR) is 123 cm³/mol. The number of nitrogens with one attached hydrogen (secondary N) is 2. The Balaban J connectivity index is 1.67. The summed E-state index contributed by atoms with van der Waals surface area (Å²) in [4.78, 5) is 25.9. The van der Waals surface area contributed by atoms with Crippen molar-refractivity contribution in [1.29, 1.82) is 0 Å². The maximum Gasteiger partial charge on any atom is 0.255 e. The highest BCUT2D eigenvalue weighted by atomic mass is 32.1. The Kier molecular flexibility index (Phi) is 7.19. The maximum absolute atomic E-state index is 12.8. The van der Waals surface area contributed by atoms with Crippen molar-refractivity contribution in [3.8, 4) is 0 Å². The minimum Gasteiger partial charge on any atom is -0.322 e. The van der Waals surface area contributed by atoms with Gasteiger partial charge in [0.2, 0.25) is 5.91 Å². The molecule has 3 aromatic rings. The van der Waals surface area contributed by atoms with Gasteiger partial charge in [0, 0.05) is 28.7 Å². The number of hydrogen-bond donors (Lipinski definition) is 2. The van der Waals surface area contributed by atoms with Gasteiger partial charge in [-0.3, -0.25) is 14.3 Å². The molecule has 0 bridgehead atoms. The minimum absolute atomic E-state index is 0.235. The molecule has 7 heteroatoms. The normalized spacial score (nSPS) is 11.0. The number of unbranched alkanes of at least 4 members (excludes halogenated alkanes) is 1. The number of nitrogens with zero attached hydrogens (tertiary/aromatic N) is 2. The average Bonchev–Trinajstić information content (AvgIpc) is 3.34. The highest BCUT2D eigenvalue weighted by molar-refractivity contribution is 7.10. The van der Waals surface area contributed by atoms with E-state index in [1.165, 1.54) is 6.08 Å². The first-order chi connectivity index (χ1) is 14.5. The molecule has 0 unspecified atom stereocenters. The number of aromatic nitrogens is 2. The number of anilines is 2. The third-order valence-electron chi connectivity index (χ3n) is 4.68. The van der Waals surface area contributed by atoms with Crippen molar-refractivity contribution in [2.24, 2.45) is 0 Å². The van der Waals surface area contributed by atoms with Crippen molar-refractivity contribution in [1.82, 2.24) is 9.78 Å². The number of rotatable bonds is 8. The van der Waals surface area contributed by atoms with Crippen LogP contribution in [-0.4, -0.2) is 21.6 Å². The van der Waals surface area contributed by atoms with Crippen LogP contribution in [0.1, 0.15) is 46.4 Å². The van der Waals surface area contributed by atoms with Gasteiger partial charge in [0.05, 0.1) is 17.1 Å². The van der Waals surface area contributed by atoms with E-state index in [2.05, 4.69) is 22.7 Å². The third kappa shape index (κ3) is 5.45. The average molecular weight is 423 g/mol. The van der Waals surface area contributed by atoms with Crippen LogP contribution in [0.3, 0.4) is 0 Å². The van der Waals surface area contributed by atoms with Gasteiger partial charge in [-0.1, -0.05) is 25.5 Å². The van der Waals surface area contributed by atoms with E-state index < -0.39 is 0 Å². The molecule has 0 spiro atoms. The van der Waals surface area contributed by atoms with Gasteiger partial charge in [-0.15, -0.1) is 11.3 Å². The SMILES string of the molecule is CCCCn1nc(C)c(NC(=O)c2cccc(NC(=O)/C=C/c3cccs3)c2)c1C.